The molecule has 0 spiro atoms. The lowest BCUT2D eigenvalue weighted by Gasteiger charge is -2.12. The van der Waals surface area contributed by atoms with Crippen LogP contribution in [0.2, 0.25) is 0 Å². The number of rotatable bonds is 17. The predicted octanol–water partition coefficient (Wildman–Crippen LogP) is 3.86. The molecule has 1 N–H and O–H groups in total. The summed E-state index contributed by atoms with van der Waals surface area (Å²) < 4.78 is 40.2. The number of nitroso groups, excluding NO2 is 1. The maximum atomic E-state index is 11.6. The average Bonchev–Trinajstić information content (AvgIpc) is 3.16. The molecule has 0 aromatic rings. The Morgan fingerprint density at radius 2 is 1.72 bits per heavy atom. The van der Waals surface area contributed by atoms with Crippen molar-refractivity contribution in [3.05, 3.63) is 4.91 Å². The Labute approximate surface area is 174 Å². The van der Waals surface area contributed by atoms with Gasteiger partial charge in [-0.25, -0.2) is 13.2 Å². The van der Waals surface area contributed by atoms with Gasteiger partial charge in [-0.2, -0.15) is 0 Å². The summed E-state index contributed by atoms with van der Waals surface area (Å²) in [5.74, 6) is -0.406. The first kappa shape index (κ1) is 25.8. The summed E-state index contributed by atoms with van der Waals surface area (Å²) in [7, 11) is -3.93. The van der Waals surface area contributed by atoms with E-state index < -0.39 is 21.9 Å². The number of unbranched alkanes of at least 4 members (excludes halogenated alkanes) is 8. The van der Waals surface area contributed by atoms with Crippen molar-refractivity contribution in [3.8, 4) is 0 Å². The van der Waals surface area contributed by atoms with Gasteiger partial charge in [0.1, 0.15) is 12.7 Å². The molecule has 0 saturated carbocycles. The summed E-state index contributed by atoms with van der Waals surface area (Å²) in [4.78, 5) is 21.6. The highest BCUT2D eigenvalue weighted by molar-refractivity contribution is 7.89. The van der Waals surface area contributed by atoms with Crippen LogP contribution in [0.15, 0.2) is 4.58 Å². The van der Waals surface area contributed by atoms with Gasteiger partial charge in [-0.05, 0) is 19.3 Å². The first-order valence-corrected chi connectivity index (χ1v) is 12.3. The standard InChI is InChI=1S/C19H36N2O7S/c1-2-3-4-5-6-7-8-9-10-12-18-26-15-17(28-18)16-27-19(22)20-13-11-14-29(24,25)21-23/h17-18H,2-16H2,1H3,(H,20,22). The Hall–Kier alpha value is -1.26. The molecule has 29 heavy (non-hydrogen) atoms. The molecule has 0 aromatic heterocycles. The Balaban J connectivity index is 1.97. The molecule has 0 aliphatic carbocycles. The van der Waals surface area contributed by atoms with Crippen molar-refractivity contribution in [2.45, 2.75) is 89.9 Å². The molecule has 1 aliphatic heterocycles. The summed E-state index contributed by atoms with van der Waals surface area (Å²) in [5, 5.41) is 2.42. The van der Waals surface area contributed by atoms with Gasteiger partial charge in [-0.3, -0.25) is 0 Å². The molecule has 1 fully saturated rings. The van der Waals surface area contributed by atoms with Gasteiger partial charge in [-0.1, -0.05) is 58.3 Å². The number of hydrogen-bond donors (Lipinski definition) is 1. The third-order valence-corrected chi connectivity index (χ3v) is 5.75. The summed E-state index contributed by atoms with van der Waals surface area (Å²) in [6.45, 7) is 2.77. The third kappa shape index (κ3) is 13.6. The highest BCUT2D eigenvalue weighted by Crippen LogP contribution is 2.18. The van der Waals surface area contributed by atoms with Crippen molar-refractivity contribution >= 4 is 16.1 Å². The van der Waals surface area contributed by atoms with Gasteiger partial charge in [0.15, 0.2) is 6.29 Å². The molecule has 2 unspecified atom stereocenters. The summed E-state index contributed by atoms with van der Waals surface area (Å²) >= 11 is 0. The van der Waals surface area contributed by atoms with Gasteiger partial charge in [0, 0.05) is 6.54 Å². The molecule has 0 radical (unpaired) electrons. The molecule has 0 aromatic carbocycles. The lowest BCUT2D eigenvalue weighted by molar-refractivity contribution is -0.0709. The molecule has 9 nitrogen and oxygen atoms in total. The van der Waals surface area contributed by atoms with Crippen LogP contribution >= 0.6 is 0 Å². The number of nitrogens with one attached hydrogen (secondary N) is 1. The smallest absolute Gasteiger partial charge is 0.407 e. The lowest BCUT2D eigenvalue weighted by atomic mass is 10.1. The molecule has 10 heteroatoms. The number of carbonyl (C=O) groups is 1. The molecule has 2 atom stereocenters. The second-order valence-electron chi connectivity index (χ2n) is 7.38. The van der Waals surface area contributed by atoms with Crippen molar-refractivity contribution in [2.75, 3.05) is 25.5 Å². The molecule has 1 heterocycles. The van der Waals surface area contributed by atoms with E-state index in [0.29, 0.717) is 6.61 Å². The third-order valence-electron chi connectivity index (χ3n) is 4.72. The zero-order valence-electron chi connectivity index (χ0n) is 17.5. The second-order valence-corrected chi connectivity index (χ2v) is 9.10. The molecular formula is C19H36N2O7S. The quantitative estimate of drug-likeness (QED) is 0.271. The van der Waals surface area contributed by atoms with Crippen LogP contribution in [0.4, 0.5) is 4.79 Å². The first-order chi connectivity index (χ1) is 14.0. The van der Waals surface area contributed by atoms with E-state index in [2.05, 4.69) is 12.2 Å². The van der Waals surface area contributed by atoms with Gasteiger partial charge in [0.05, 0.1) is 16.9 Å². The molecule has 1 aliphatic rings. The fraction of sp³-hybridized carbons (Fsp3) is 0.947. The number of sulfonamides is 1. The average molecular weight is 437 g/mol. The number of ether oxygens (including phenoxy) is 3. The maximum Gasteiger partial charge on any atom is 0.407 e. The monoisotopic (exact) mass is 436 g/mol. The number of carbonyl (C=O) groups excluding carboxylic acids is 1. The number of alkyl carbamates (subject to hydrolysis) is 1. The maximum absolute atomic E-state index is 11.6. The van der Waals surface area contributed by atoms with E-state index in [0.717, 1.165) is 12.8 Å². The molecule has 1 rings (SSSR count). The molecular weight excluding hydrogens is 400 g/mol. The van der Waals surface area contributed by atoms with Gasteiger partial charge >= 0.3 is 6.09 Å². The van der Waals surface area contributed by atoms with Crippen LogP contribution in [0.5, 0.6) is 0 Å². The first-order valence-electron chi connectivity index (χ1n) is 10.7. The van der Waals surface area contributed by atoms with Crippen molar-refractivity contribution in [1.82, 2.24) is 5.32 Å². The Morgan fingerprint density at radius 1 is 1.07 bits per heavy atom. The summed E-state index contributed by atoms with van der Waals surface area (Å²) in [5.41, 5.74) is 0. The van der Waals surface area contributed by atoms with Crippen molar-refractivity contribution < 1.29 is 27.4 Å². The molecule has 0 bridgehead atoms. The van der Waals surface area contributed by atoms with Crippen LogP contribution in [0.3, 0.4) is 0 Å². The minimum Gasteiger partial charge on any atom is -0.447 e. The van der Waals surface area contributed by atoms with Crippen molar-refractivity contribution in [1.29, 1.82) is 0 Å². The topological polar surface area (TPSA) is 120 Å². The van der Waals surface area contributed by atoms with E-state index in [4.69, 9.17) is 14.2 Å². The Morgan fingerprint density at radius 3 is 2.38 bits per heavy atom. The van der Waals surface area contributed by atoms with Crippen LogP contribution in [-0.2, 0) is 24.2 Å². The Kier molecular flexibility index (Phi) is 13.8. The highest BCUT2D eigenvalue weighted by atomic mass is 32.2. The zero-order valence-corrected chi connectivity index (χ0v) is 18.3. The number of hydrogen-bond acceptors (Lipinski definition) is 7. The number of amides is 1. The fourth-order valence-electron chi connectivity index (χ4n) is 3.07. The van der Waals surface area contributed by atoms with Gasteiger partial charge < -0.3 is 19.5 Å². The summed E-state index contributed by atoms with van der Waals surface area (Å²) in [6.07, 6.45) is 11.2. The van der Waals surface area contributed by atoms with Gasteiger partial charge in [0.25, 0.3) is 10.0 Å². The molecule has 1 amide bonds. The van der Waals surface area contributed by atoms with Crippen molar-refractivity contribution in [2.24, 2.45) is 4.58 Å². The predicted molar refractivity (Wildman–Crippen MR) is 110 cm³/mol. The summed E-state index contributed by atoms with van der Waals surface area (Å²) in [6, 6.07) is 0. The van der Waals surface area contributed by atoms with E-state index in [1.165, 1.54) is 51.4 Å². The number of nitrogens with zero attached hydrogens (tertiary/aromatic N) is 1. The van der Waals surface area contributed by atoms with E-state index in [1.54, 1.807) is 0 Å². The second kappa shape index (κ2) is 15.6. The van der Waals surface area contributed by atoms with Gasteiger partial charge in [0.2, 0.25) is 0 Å². The molecule has 1 saturated heterocycles. The Bertz CT molecular complexity index is 557. The lowest BCUT2D eigenvalue weighted by Crippen LogP contribution is -2.30. The van der Waals surface area contributed by atoms with Crippen LogP contribution in [-0.4, -0.2) is 52.4 Å². The molecule has 170 valence electrons. The van der Waals surface area contributed by atoms with Crippen molar-refractivity contribution in [3.63, 3.8) is 0 Å². The van der Waals surface area contributed by atoms with E-state index in [9.17, 15) is 18.1 Å². The zero-order chi connectivity index (χ0) is 21.4. The minimum absolute atomic E-state index is 0.0777. The SMILES string of the molecule is CCCCCCCCCCCC1OCC(COC(=O)NCCCS(=O)(=O)N=O)O1. The van der Waals surface area contributed by atoms with Crippen LogP contribution < -0.4 is 5.32 Å². The van der Waals surface area contributed by atoms with Crippen LogP contribution in [0.25, 0.3) is 0 Å². The largest absolute Gasteiger partial charge is 0.447 e. The van der Waals surface area contributed by atoms with E-state index >= 15 is 0 Å². The minimum atomic E-state index is -3.93. The van der Waals surface area contributed by atoms with Crippen LogP contribution in [0.1, 0.15) is 77.6 Å². The van der Waals surface area contributed by atoms with Crippen LogP contribution in [0, 0.1) is 4.91 Å². The van der Waals surface area contributed by atoms with Gasteiger partial charge in [-0.15, -0.1) is 4.91 Å². The van der Waals surface area contributed by atoms with E-state index in [1.807, 2.05) is 4.58 Å². The fourth-order valence-corrected chi connectivity index (χ4v) is 3.65. The highest BCUT2D eigenvalue weighted by Gasteiger charge is 2.26. The van der Waals surface area contributed by atoms with E-state index in [-0.39, 0.29) is 32.0 Å². The normalized spacial score (nSPS) is 19.2.